The third kappa shape index (κ3) is 2.75. The van der Waals surface area contributed by atoms with Gasteiger partial charge < -0.3 is 19.9 Å². The fourth-order valence-corrected chi connectivity index (χ4v) is 3.88. The minimum atomic E-state index is -0.569. The van der Waals surface area contributed by atoms with Crippen molar-refractivity contribution in [2.24, 2.45) is 0 Å². The summed E-state index contributed by atoms with van der Waals surface area (Å²) in [6.07, 6.45) is 2.01. The van der Waals surface area contributed by atoms with Crippen LogP contribution in [-0.2, 0) is 22.6 Å². The Bertz CT molecular complexity index is 1030. The van der Waals surface area contributed by atoms with Crippen LogP contribution in [0.3, 0.4) is 0 Å². The second-order valence-electron chi connectivity index (χ2n) is 6.73. The summed E-state index contributed by atoms with van der Waals surface area (Å²) in [4.78, 5) is 19.8. The van der Waals surface area contributed by atoms with Crippen molar-refractivity contribution in [1.29, 1.82) is 0 Å². The van der Waals surface area contributed by atoms with E-state index in [0.717, 1.165) is 22.2 Å². The van der Waals surface area contributed by atoms with Gasteiger partial charge in [-0.05, 0) is 13.0 Å². The maximum absolute atomic E-state index is 12.3. The van der Waals surface area contributed by atoms with Gasteiger partial charge in [-0.3, -0.25) is 15.1 Å². The Balaban J connectivity index is 1.97. The molecule has 0 aliphatic carbocycles. The van der Waals surface area contributed by atoms with Crippen LogP contribution in [0, 0.1) is 6.92 Å². The molecule has 4 N–H and O–H groups in total. The zero-order valence-corrected chi connectivity index (χ0v) is 15.1. The first kappa shape index (κ1) is 17.5. The summed E-state index contributed by atoms with van der Waals surface area (Å²) in [7, 11) is 1.35. The Morgan fingerprint density at radius 3 is 2.85 bits per heavy atom. The molecular formula is C20H21N3O4. The van der Waals surface area contributed by atoms with Gasteiger partial charge in [-0.1, -0.05) is 18.2 Å². The number of hydrogen-bond donors (Lipinski definition) is 4. The number of carbonyl (C=O) groups is 1. The van der Waals surface area contributed by atoms with Crippen molar-refractivity contribution in [3.8, 4) is 5.75 Å². The molecule has 2 atom stereocenters. The monoisotopic (exact) mass is 367 g/mol. The molecule has 7 nitrogen and oxygen atoms in total. The number of nitrogens with one attached hydrogen (secondary N) is 2. The number of pyridine rings is 1. The molecule has 0 saturated carbocycles. The van der Waals surface area contributed by atoms with E-state index in [0.29, 0.717) is 23.2 Å². The molecule has 1 aliphatic heterocycles. The predicted octanol–water partition coefficient (Wildman–Crippen LogP) is 1.85. The van der Waals surface area contributed by atoms with Gasteiger partial charge in [0, 0.05) is 45.9 Å². The van der Waals surface area contributed by atoms with Crippen molar-refractivity contribution in [1.82, 2.24) is 15.3 Å². The summed E-state index contributed by atoms with van der Waals surface area (Å²) in [5, 5.41) is 24.9. The molecule has 2 aromatic heterocycles. The number of hydrogen-bond acceptors (Lipinski definition) is 6. The van der Waals surface area contributed by atoms with E-state index in [9.17, 15) is 15.0 Å². The highest BCUT2D eigenvalue weighted by molar-refractivity contribution is 5.87. The number of para-hydroxylation sites is 1. The van der Waals surface area contributed by atoms with Crippen molar-refractivity contribution in [2.75, 3.05) is 7.11 Å². The van der Waals surface area contributed by atoms with Crippen LogP contribution in [0.25, 0.3) is 10.9 Å². The van der Waals surface area contributed by atoms with E-state index in [4.69, 9.17) is 4.74 Å². The highest BCUT2D eigenvalue weighted by Gasteiger charge is 2.37. The van der Waals surface area contributed by atoms with Gasteiger partial charge in [-0.15, -0.1) is 0 Å². The Kier molecular flexibility index (Phi) is 4.33. The number of H-pyrrole nitrogens is 1. The van der Waals surface area contributed by atoms with Gasteiger partial charge in [0.15, 0.2) is 0 Å². The van der Waals surface area contributed by atoms with Crippen LogP contribution in [0.15, 0.2) is 30.5 Å². The summed E-state index contributed by atoms with van der Waals surface area (Å²) in [5.41, 5.74) is 4.33. The Morgan fingerprint density at radius 2 is 2.11 bits per heavy atom. The van der Waals surface area contributed by atoms with Gasteiger partial charge in [-0.25, -0.2) is 0 Å². The van der Waals surface area contributed by atoms with Crippen molar-refractivity contribution in [3.63, 3.8) is 0 Å². The molecule has 0 unspecified atom stereocenters. The summed E-state index contributed by atoms with van der Waals surface area (Å²) < 4.78 is 4.93. The Hall–Kier alpha value is -2.90. The van der Waals surface area contributed by atoms with Gasteiger partial charge in [0.1, 0.15) is 11.8 Å². The van der Waals surface area contributed by atoms with Gasteiger partial charge in [0.2, 0.25) is 0 Å². The second kappa shape index (κ2) is 6.68. The maximum Gasteiger partial charge on any atom is 0.323 e. The molecule has 3 aromatic rings. The second-order valence-corrected chi connectivity index (χ2v) is 6.73. The van der Waals surface area contributed by atoms with E-state index >= 15 is 0 Å². The maximum atomic E-state index is 12.3. The number of aliphatic hydroxyl groups is 1. The molecular weight excluding hydrogens is 346 g/mol. The van der Waals surface area contributed by atoms with E-state index in [1.54, 1.807) is 13.1 Å². The third-order valence-corrected chi connectivity index (χ3v) is 5.20. The van der Waals surface area contributed by atoms with Crippen LogP contribution in [0.1, 0.15) is 34.1 Å². The number of ether oxygens (including phenoxy) is 1. The minimum Gasteiger partial charge on any atom is -0.506 e. The molecule has 0 spiro atoms. The zero-order valence-electron chi connectivity index (χ0n) is 15.1. The van der Waals surface area contributed by atoms with Crippen molar-refractivity contribution in [3.05, 3.63) is 58.5 Å². The molecule has 0 saturated heterocycles. The third-order valence-electron chi connectivity index (χ3n) is 5.20. The zero-order chi connectivity index (χ0) is 19.1. The van der Waals surface area contributed by atoms with Gasteiger partial charge >= 0.3 is 5.97 Å². The Morgan fingerprint density at radius 1 is 1.33 bits per heavy atom. The molecule has 1 aromatic carbocycles. The molecule has 3 heterocycles. The molecule has 1 aliphatic rings. The van der Waals surface area contributed by atoms with E-state index in [-0.39, 0.29) is 18.3 Å². The Labute approximate surface area is 156 Å². The number of rotatable bonds is 3. The first-order chi connectivity index (χ1) is 13.0. The fourth-order valence-electron chi connectivity index (χ4n) is 3.88. The summed E-state index contributed by atoms with van der Waals surface area (Å²) >= 11 is 0. The number of aromatic nitrogens is 2. The number of aliphatic hydroxyl groups excluding tert-OH is 1. The number of aromatic hydroxyl groups is 1. The van der Waals surface area contributed by atoms with Crippen LogP contribution in [0.4, 0.5) is 0 Å². The van der Waals surface area contributed by atoms with Gasteiger partial charge in [-0.2, -0.15) is 0 Å². The lowest BCUT2D eigenvalue weighted by Crippen LogP contribution is -2.45. The van der Waals surface area contributed by atoms with Crippen LogP contribution in [0.5, 0.6) is 5.75 Å². The molecule has 0 amide bonds. The molecule has 0 fully saturated rings. The molecule has 0 radical (unpaired) electrons. The quantitative estimate of drug-likeness (QED) is 0.526. The first-order valence-corrected chi connectivity index (χ1v) is 8.76. The smallest absolute Gasteiger partial charge is 0.323 e. The van der Waals surface area contributed by atoms with Crippen LogP contribution >= 0.6 is 0 Å². The van der Waals surface area contributed by atoms with E-state index in [2.05, 4.69) is 15.3 Å². The summed E-state index contributed by atoms with van der Waals surface area (Å²) in [5.74, 6) is -0.360. The van der Waals surface area contributed by atoms with E-state index < -0.39 is 12.1 Å². The van der Waals surface area contributed by atoms with Crippen LogP contribution < -0.4 is 5.32 Å². The van der Waals surface area contributed by atoms with Crippen molar-refractivity contribution in [2.45, 2.75) is 32.0 Å². The summed E-state index contributed by atoms with van der Waals surface area (Å²) in [6, 6.07) is 6.81. The number of aromatic amines is 1. The lowest BCUT2D eigenvalue weighted by molar-refractivity contribution is -0.143. The highest BCUT2D eigenvalue weighted by atomic mass is 16.5. The highest BCUT2D eigenvalue weighted by Crippen LogP contribution is 2.41. The molecule has 27 heavy (non-hydrogen) atoms. The molecule has 140 valence electrons. The van der Waals surface area contributed by atoms with E-state index in [1.807, 2.05) is 24.3 Å². The topological polar surface area (TPSA) is 107 Å². The largest absolute Gasteiger partial charge is 0.506 e. The van der Waals surface area contributed by atoms with Crippen LogP contribution in [0.2, 0.25) is 0 Å². The van der Waals surface area contributed by atoms with Gasteiger partial charge in [0.05, 0.1) is 25.5 Å². The predicted molar refractivity (Wildman–Crippen MR) is 99.3 cm³/mol. The lowest BCUT2D eigenvalue weighted by atomic mass is 9.87. The number of nitrogens with zero attached hydrogens (tertiary/aromatic N) is 1. The van der Waals surface area contributed by atoms with Crippen molar-refractivity contribution >= 4 is 16.9 Å². The van der Waals surface area contributed by atoms with Crippen molar-refractivity contribution < 1.29 is 19.7 Å². The molecule has 7 heteroatoms. The SMILES string of the molecule is COC(=O)[C@@H]1Cc2[nH]c3ccccc3c2[C@@H](c2c(CO)cnc(C)c2O)N1. The van der Waals surface area contributed by atoms with E-state index in [1.165, 1.54) is 7.11 Å². The summed E-state index contributed by atoms with van der Waals surface area (Å²) in [6.45, 7) is 1.44. The first-order valence-electron chi connectivity index (χ1n) is 8.76. The number of fused-ring (bicyclic) bond motifs is 3. The number of aryl methyl sites for hydroxylation is 1. The van der Waals surface area contributed by atoms with Crippen LogP contribution in [-0.4, -0.2) is 39.3 Å². The number of esters is 1. The minimum absolute atomic E-state index is 0.0146. The fraction of sp³-hybridized carbons (Fsp3) is 0.300. The number of carbonyl (C=O) groups excluding carboxylic acids is 1. The average molecular weight is 367 g/mol. The average Bonchev–Trinajstić information content (AvgIpc) is 3.07. The normalized spacial score (nSPS) is 19.1. The standard InChI is InChI=1S/C20H21N3O4/c1-10-19(25)16(11(9-24)8-21-10)18-17-12-5-3-4-6-13(12)22-14(17)7-15(23-18)20(26)27-2/h3-6,8,15,18,22-25H,7,9H2,1-2H3/t15-,18+/m0/s1. The van der Waals surface area contributed by atoms with Gasteiger partial charge in [0.25, 0.3) is 0 Å². The molecule has 0 bridgehead atoms. The molecule has 4 rings (SSSR count). The lowest BCUT2D eigenvalue weighted by Gasteiger charge is -2.32. The number of benzene rings is 1. The number of methoxy groups -OCH3 is 1.